The number of nitrogens with zero attached hydrogens (tertiary/aromatic N) is 1. The molecule has 1 saturated heterocycles. The molecule has 1 aliphatic heterocycles. The van der Waals surface area contributed by atoms with Gasteiger partial charge >= 0.3 is 0 Å². The molecule has 82 valence electrons. The van der Waals surface area contributed by atoms with Crippen LogP contribution in [0.4, 0.5) is 0 Å². The number of hydrogen-bond acceptors (Lipinski definition) is 3. The van der Waals surface area contributed by atoms with Gasteiger partial charge in [-0.25, -0.2) is 8.42 Å². The van der Waals surface area contributed by atoms with Crippen LogP contribution in [0.3, 0.4) is 0 Å². The number of carbonyl (C=O) groups excluding carboxylic acids is 1. The summed E-state index contributed by atoms with van der Waals surface area (Å²) in [5, 5.41) is -1.12. The molecule has 1 heterocycles. The lowest BCUT2D eigenvalue weighted by molar-refractivity contribution is -0.131. The molecular weight excluding hydrogens is 226 g/mol. The van der Waals surface area contributed by atoms with Crippen molar-refractivity contribution in [2.45, 2.75) is 31.4 Å². The molecule has 0 unspecified atom stereocenters. The number of halogens is 1. The van der Waals surface area contributed by atoms with E-state index in [9.17, 15) is 13.2 Å². The average molecular weight is 240 g/mol. The van der Waals surface area contributed by atoms with Crippen LogP contribution in [0, 0.1) is 0 Å². The van der Waals surface area contributed by atoms with Gasteiger partial charge in [-0.2, -0.15) is 0 Å². The van der Waals surface area contributed by atoms with Crippen molar-refractivity contribution in [2.75, 3.05) is 13.1 Å². The average Bonchev–Trinajstić information content (AvgIpc) is 2.15. The molecule has 6 heteroatoms. The molecule has 0 saturated carbocycles. The minimum atomic E-state index is -3.77. The summed E-state index contributed by atoms with van der Waals surface area (Å²) in [5.74, 6) is -0.375. The van der Waals surface area contributed by atoms with Crippen molar-refractivity contribution in [3.05, 3.63) is 0 Å². The van der Waals surface area contributed by atoms with Crippen LogP contribution in [0.2, 0.25) is 0 Å². The Morgan fingerprint density at radius 2 is 1.79 bits per heavy atom. The molecule has 4 nitrogen and oxygen atoms in total. The van der Waals surface area contributed by atoms with Crippen molar-refractivity contribution < 1.29 is 13.2 Å². The number of likely N-dealkylation sites (tertiary alicyclic amines) is 1. The van der Waals surface area contributed by atoms with Gasteiger partial charge in [-0.15, -0.1) is 0 Å². The summed E-state index contributed by atoms with van der Waals surface area (Å²) in [7, 11) is 1.35. The lowest BCUT2D eigenvalue weighted by Crippen LogP contribution is -2.42. The second-order valence-electron chi connectivity index (χ2n) is 3.50. The van der Waals surface area contributed by atoms with Gasteiger partial charge in [0.2, 0.25) is 15.0 Å². The van der Waals surface area contributed by atoms with Gasteiger partial charge in [0.15, 0.2) is 5.25 Å². The Bertz CT molecular complexity index is 309. The molecule has 1 atom stereocenters. The largest absolute Gasteiger partial charge is 0.342 e. The molecule has 0 aromatic heterocycles. The van der Waals surface area contributed by atoms with Gasteiger partial charge in [-0.1, -0.05) is 0 Å². The maximum absolute atomic E-state index is 11.6. The van der Waals surface area contributed by atoms with E-state index in [1.54, 1.807) is 4.90 Å². The summed E-state index contributed by atoms with van der Waals surface area (Å²) in [6, 6.07) is 0. The van der Waals surface area contributed by atoms with Crippen molar-refractivity contribution in [1.29, 1.82) is 0 Å². The SMILES string of the molecule is C[C@@H](C(=O)N1CCCCC1)S(=O)(=O)Cl. The van der Waals surface area contributed by atoms with Crippen LogP contribution in [0.15, 0.2) is 0 Å². The van der Waals surface area contributed by atoms with Gasteiger partial charge in [0.1, 0.15) is 0 Å². The van der Waals surface area contributed by atoms with E-state index in [2.05, 4.69) is 0 Å². The van der Waals surface area contributed by atoms with Crippen molar-refractivity contribution in [2.24, 2.45) is 0 Å². The predicted molar refractivity (Wildman–Crippen MR) is 54.7 cm³/mol. The van der Waals surface area contributed by atoms with E-state index in [1.807, 2.05) is 0 Å². The molecule has 14 heavy (non-hydrogen) atoms. The third-order valence-electron chi connectivity index (χ3n) is 2.44. The number of amides is 1. The highest BCUT2D eigenvalue weighted by Crippen LogP contribution is 2.14. The van der Waals surface area contributed by atoms with E-state index >= 15 is 0 Å². The van der Waals surface area contributed by atoms with Gasteiger partial charge in [-0.05, 0) is 26.2 Å². The molecule has 0 N–H and O–H groups in total. The van der Waals surface area contributed by atoms with Crippen LogP contribution in [-0.4, -0.2) is 37.6 Å². The third kappa shape index (κ3) is 2.85. The predicted octanol–water partition coefficient (Wildman–Crippen LogP) is 0.956. The van der Waals surface area contributed by atoms with Gasteiger partial charge in [0.25, 0.3) is 0 Å². The number of rotatable bonds is 2. The summed E-state index contributed by atoms with van der Waals surface area (Å²) >= 11 is 0. The van der Waals surface area contributed by atoms with Crippen molar-refractivity contribution in [3.8, 4) is 0 Å². The highest BCUT2D eigenvalue weighted by Gasteiger charge is 2.30. The van der Waals surface area contributed by atoms with Gasteiger partial charge in [0.05, 0.1) is 0 Å². The first kappa shape index (κ1) is 11.8. The first-order valence-corrected chi connectivity index (χ1v) is 7.02. The van der Waals surface area contributed by atoms with Crippen LogP contribution >= 0.6 is 10.7 Å². The van der Waals surface area contributed by atoms with Crippen LogP contribution in [0.5, 0.6) is 0 Å². The Morgan fingerprint density at radius 3 is 2.21 bits per heavy atom. The molecule has 0 bridgehead atoms. The van der Waals surface area contributed by atoms with Gasteiger partial charge in [0, 0.05) is 23.8 Å². The first-order chi connectivity index (χ1) is 6.43. The molecule has 0 spiro atoms. The quantitative estimate of drug-likeness (QED) is 0.675. The molecular formula is C8H14ClNO3S. The van der Waals surface area contributed by atoms with E-state index in [-0.39, 0.29) is 5.91 Å². The van der Waals surface area contributed by atoms with Crippen molar-refractivity contribution in [1.82, 2.24) is 4.90 Å². The number of hydrogen-bond donors (Lipinski definition) is 0. The molecule has 0 aliphatic carbocycles. The van der Waals surface area contributed by atoms with Crippen LogP contribution in [-0.2, 0) is 13.8 Å². The Balaban J connectivity index is 2.64. The standard InChI is InChI=1S/C8H14ClNO3S/c1-7(14(9,12)13)8(11)10-5-3-2-4-6-10/h7H,2-6H2,1H3/t7-/m0/s1. The lowest BCUT2D eigenvalue weighted by atomic mass is 10.1. The summed E-state index contributed by atoms with van der Waals surface area (Å²) in [4.78, 5) is 13.2. The van der Waals surface area contributed by atoms with Crippen LogP contribution < -0.4 is 0 Å². The Hall–Kier alpha value is -0.290. The second-order valence-corrected chi connectivity index (χ2v) is 6.45. The first-order valence-electron chi connectivity index (χ1n) is 4.65. The number of piperidine rings is 1. The molecule has 1 fully saturated rings. The number of carbonyl (C=O) groups is 1. The van der Waals surface area contributed by atoms with Crippen LogP contribution in [0.25, 0.3) is 0 Å². The normalized spacial score (nSPS) is 20.6. The zero-order valence-corrected chi connectivity index (χ0v) is 9.64. The zero-order valence-electron chi connectivity index (χ0n) is 8.07. The Morgan fingerprint density at radius 1 is 1.29 bits per heavy atom. The minimum absolute atomic E-state index is 0.375. The highest BCUT2D eigenvalue weighted by atomic mass is 35.7. The second kappa shape index (κ2) is 4.49. The Labute approximate surface area is 88.6 Å². The lowest BCUT2D eigenvalue weighted by Gasteiger charge is -2.28. The zero-order chi connectivity index (χ0) is 10.8. The van der Waals surface area contributed by atoms with E-state index in [0.717, 1.165) is 19.3 Å². The molecule has 1 amide bonds. The maximum atomic E-state index is 11.6. The smallest absolute Gasteiger partial charge is 0.244 e. The molecule has 1 aliphatic rings. The third-order valence-corrected chi connectivity index (χ3v) is 4.29. The van der Waals surface area contributed by atoms with Crippen molar-refractivity contribution in [3.63, 3.8) is 0 Å². The van der Waals surface area contributed by atoms with E-state index < -0.39 is 14.3 Å². The summed E-state index contributed by atoms with van der Waals surface area (Å²) in [5.41, 5.74) is 0. The molecule has 1 rings (SSSR count). The van der Waals surface area contributed by atoms with E-state index in [0.29, 0.717) is 13.1 Å². The molecule has 0 aromatic rings. The van der Waals surface area contributed by atoms with Gasteiger partial charge in [-0.3, -0.25) is 4.79 Å². The molecule has 0 radical (unpaired) electrons. The van der Waals surface area contributed by atoms with Gasteiger partial charge < -0.3 is 4.90 Å². The fourth-order valence-corrected chi connectivity index (χ4v) is 2.11. The molecule has 0 aromatic carbocycles. The maximum Gasteiger partial charge on any atom is 0.244 e. The van der Waals surface area contributed by atoms with Crippen molar-refractivity contribution >= 4 is 25.6 Å². The Kier molecular flexibility index (Phi) is 3.78. The monoisotopic (exact) mass is 239 g/mol. The van der Waals surface area contributed by atoms with E-state index in [4.69, 9.17) is 10.7 Å². The summed E-state index contributed by atoms with van der Waals surface area (Å²) in [6.45, 7) is 2.63. The summed E-state index contributed by atoms with van der Waals surface area (Å²) < 4.78 is 21.9. The fourth-order valence-electron chi connectivity index (χ4n) is 1.49. The van der Waals surface area contributed by atoms with E-state index in [1.165, 1.54) is 6.92 Å². The highest BCUT2D eigenvalue weighted by molar-refractivity contribution is 8.14. The fraction of sp³-hybridized carbons (Fsp3) is 0.875. The van der Waals surface area contributed by atoms with Crippen LogP contribution in [0.1, 0.15) is 26.2 Å². The summed E-state index contributed by atoms with van der Waals surface area (Å²) in [6.07, 6.45) is 2.99. The topological polar surface area (TPSA) is 54.5 Å². The minimum Gasteiger partial charge on any atom is -0.342 e.